The molecular formula is C22H24N6O3. The van der Waals surface area contributed by atoms with Crippen molar-refractivity contribution in [3.63, 3.8) is 0 Å². The maximum Gasteiger partial charge on any atom is 0.292 e. The van der Waals surface area contributed by atoms with E-state index in [9.17, 15) is 0 Å². The minimum Gasteiger partial charge on any atom is -0.491 e. The summed E-state index contributed by atoms with van der Waals surface area (Å²) in [4.78, 5) is 17.7. The molecule has 1 aliphatic carbocycles. The number of aromatic nitrogens is 3. The Morgan fingerprint density at radius 3 is 2.84 bits per heavy atom. The third-order valence-electron chi connectivity index (χ3n) is 5.55. The van der Waals surface area contributed by atoms with E-state index in [4.69, 9.17) is 24.7 Å². The highest BCUT2D eigenvalue weighted by Gasteiger charge is 2.23. The summed E-state index contributed by atoms with van der Waals surface area (Å²) >= 11 is 0. The van der Waals surface area contributed by atoms with Crippen molar-refractivity contribution in [3.8, 4) is 17.1 Å². The van der Waals surface area contributed by atoms with Crippen molar-refractivity contribution in [2.75, 3.05) is 24.2 Å². The van der Waals surface area contributed by atoms with Crippen molar-refractivity contribution >= 4 is 40.2 Å². The second kappa shape index (κ2) is 7.82. The highest BCUT2D eigenvalue weighted by molar-refractivity contribution is 5.90. The van der Waals surface area contributed by atoms with Crippen LogP contribution in [-0.4, -0.2) is 34.1 Å². The van der Waals surface area contributed by atoms with Crippen LogP contribution in [0.3, 0.4) is 0 Å². The lowest BCUT2D eigenvalue weighted by Gasteiger charge is -2.10. The van der Waals surface area contributed by atoms with Crippen LogP contribution in [0.25, 0.3) is 33.5 Å². The van der Waals surface area contributed by atoms with E-state index in [1.807, 2.05) is 18.2 Å². The number of rotatable bonds is 4. The number of hydrogen-bond donors (Lipinski definition) is 3. The summed E-state index contributed by atoms with van der Waals surface area (Å²) in [5.41, 5.74) is 15.4. The SMILES string of the molecule is NC=O.Nc1nc2ccc(-c3nc4cc(NCC5CC5)cc5c4n3CCCO5)cc2o1. The normalized spacial score (nSPS) is 15.1. The van der Waals surface area contributed by atoms with Crippen LogP contribution in [0, 0.1) is 5.92 Å². The number of amides is 1. The number of nitrogens with zero attached hydrogens (tertiary/aromatic N) is 3. The summed E-state index contributed by atoms with van der Waals surface area (Å²) in [5.74, 6) is 2.62. The van der Waals surface area contributed by atoms with E-state index in [0.717, 1.165) is 64.8 Å². The topological polar surface area (TPSA) is 134 Å². The molecule has 0 unspecified atom stereocenters. The number of carbonyl (C=O) groups excluding carboxylic acids is 1. The first kappa shape index (κ1) is 19.2. The van der Waals surface area contributed by atoms with Gasteiger partial charge in [0.15, 0.2) is 5.58 Å². The third kappa shape index (κ3) is 3.74. The average molecular weight is 420 g/mol. The van der Waals surface area contributed by atoms with E-state index in [2.05, 4.69) is 32.7 Å². The number of nitrogen functional groups attached to an aromatic ring is 1. The number of carbonyl (C=O) groups is 1. The molecule has 1 saturated carbocycles. The van der Waals surface area contributed by atoms with E-state index in [1.54, 1.807) is 0 Å². The Bertz CT molecular complexity index is 1260. The molecule has 0 atom stereocenters. The van der Waals surface area contributed by atoms with Crippen LogP contribution in [0.4, 0.5) is 11.7 Å². The van der Waals surface area contributed by atoms with Crippen LogP contribution in [0.1, 0.15) is 19.3 Å². The Kier molecular flexibility index (Phi) is 4.85. The number of fused-ring (bicyclic) bond motifs is 1. The van der Waals surface area contributed by atoms with Gasteiger partial charge >= 0.3 is 0 Å². The zero-order valence-electron chi connectivity index (χ0n) is 17.0. The first-order chi connectivity index (χ1) is 15.2. The van der Waals surface area contributed by atoms with E-state index >= 15 is 0 Å². The first-order valence-electron chi connectivity index (χ1n) is 10.4. The highest BCUT2D eigenvalue weighted by atomic mass is 16.5. The highest BCUT2D eigenvalue weighted by Crippen LogP contribution is 2.37. The van der Waals surface area contributed by atoms with Crippen molar-refractivity contribution in [2.45, 2.75) is 25.8 Å². The summed E-state index contributed by atoms with van der Waals surface area (Å²) < 4.78 is 13.8. The number of benzene rings is 2. The fraction of sp³-hybridized carbons (Fsp3) is 0.318. The fourth-order valence-corrected chi connectivity index (χ4v) is 3.95. The van der Waals surface area contributed by atoms with Gasteiger partial charge in [-0.3, -0.25) is 4.79 Å². The first-order valence-corrected chi connectivity index (χ1v) is 10.4. The minimum absolute atomic E-state index is 0.181. The zero-order valence-corrected chi connectivity index (χ0v) is 17.0. The van der Waals surface area contributed by atoms with E-state index < -0.39 is 0 Å². The predicted octanol–water partition coefficient (Wildman–Crippen LogP) is 3.13. The van der Waals surface area contributed by atoms with Gasteiger partial charge in [0.2, 0.25) is 6.41 Å². The molecule has 4 aromatic rings. The molecule has 2 aromatic heterocycles. The lowest BCUT2D eigenvalue weighted by molar-refractivity contribution is -0.106. The molecular weight excluding hydrogens is 396 g/mol. The number of oxazole rings is 1. The van der Waals surface area contributed by atoms with Crippen LogP contribution in [0.15, 0.2) is 34.7 Å². The van der Waals surface area contributed by atoms with Gasteiger partial charge in [0, 0.05) is 30.4 Å². The van der Waals surface area contributed by atoms with Crippen LogP contribution >= 0.6 is 0 Å². The molecule has 9 heteroatoms. The summed E-state index contributed by atoms with van der Waals surface area (Å²) in [6.45, 7) is 2.59. The van der Waals surface area contributed by atoms with Gasteiger partial charge in [0.1, 0.15) is 22.6 Å². The Balaban J connectivity index is 0.000000646. The van der Waals surface area contributed by atoms with Crippen molar-refractivity contribution in [2.24, 2.45) is 11.7 Å². The number of nitrogens with one attached hydrogen (secondary N) is 1. The van der Waals surface area contributed by atoms with Crippen LogP contribution in [-0.2, 0) is 11.3 Å². The Labute approximate surface area is 178 Å². The standard InChI is InChI=1S/C21H21N5O2.CH3NO/c22-21-25-15-5-4-13(8-17(15)28-21)20-24-16-9-14(23-11-12-2-3-12)10-18-19(16)26(20)6-1-7-27-18;2-1-3/h4-5,8-10,12,23H,1-3,6-7,11H2,(H2,22,25);1H,(H2,2,3). The lowest BCUT2D eigenvalue weighted by Crippen LogP contribution is -2.03. The quantitative estimate of drug-likeness (QED) is 0.432. The van der Waals surface area contributed by atoms with Crippen LogP contribution < -0.4 is 21.5 Å². The summed E-state index contributed by atoms with van der Waals surface area (Å²) in [5, 5.41) is 3.55. The molecule has 0 spiro atoms. The van der Waals surface area contributed by atoms with E-state index in [-0.39, 0.29) is 12.4 Å². The molecule has 31 heavy (non-hydrogen) atoms. The molecule has 0 saturated heterocycles. The Morgan fingerprint density at radius 1 is 1.19 bits per heavy atom. The van der Waals surface area contributed by atoms with Crippen molar-refractivity contribution in [3.05, 3.63) is 30.3 Å². The lowest BCUT2D eigenvalue weighted by atomic mass is 10.2. The van der Waals surface area contributed by atoms with Crippen LogP contribution in [0.5, 0.6) is 5.75 Å². The number of ether oxygens (including phenoxy) is 1. The molecule has 160 valence electrons. The minimum atomic E-state index is 0.181. The molecule has 0 bridgehead atoms. The Morgan fingerprint density at radius 2 is 2.03 bits per heavy atom. The fourth-order valence-electron chi connectivity index (χ4n) is 3.95. The van der Waals surface area contributed by atoms with Gasteiger partial charge in [0.05, 0.1) is 12.1 Å². The molecule has 5 N–H and O–H groups in total. The molecule has 1 aliphatic heterocycles. The number of primary amides is 1. The monoisotopic (exact) mass is 420 g/mol. The largest absolute Gasteiger partial charge is 0.491 e. The average Bonchev–Trinajstić information content (AvgIpc) is 3.45. The summed E-state index contributed by atoms with van der Waals surface area (Å²) in [7, 11) is 0. The Hall–Kier alpha value is -3.75. The molecule has 1 fully saturated rings. The second-order valence-corrected chi connectivity index (χ2v) is 7.83. The third-order valence-corrected chi connectivity index (χ3v) is 5.55. The van der Waals surface area contributed by atoms with Gasteiger partial charge in [-0.2, -0.15) is 4.98 Å². The van der Waals surface area contributed by atoms with Gasteiger partial charge in [0.25, 0.3) is 6.01 Å². The maximum atomic E-state index is 8.58. The van der Waals surface area contributed by atoms with Crippen molar-refractivity contribution < 1.29 is 13.9 Å². The van der Waals surface area contributed by atoms with Gasteiger partial charge < -0.3 is 30.5 Å². The van der Waals surface area contributed by atoms with E-state index in [1.165, 1.54) is 12.8 Å². The van der Waals surface area contributed by atoms with E-state index in [0.29, 0.717) is 12.2 Å². The van der Waals surface area contributed by atoms with Gasteiger partial charge in [-0.25, -0.2) is 4.98 Å². The van der Waals surface area contributed by atoms with Gasteiger partial charge in [-0.1, -0.05) is 0 Å². The number of aryl methyl sites for hydroxylation is 1. The molecule has 2 aromatic carbocycles. The smallest absolute Gasteiger partial charge is 0.292 e. The molecule has 6 rings (SSSR count). The second-order valence-electron chi connectivity index (χ2n) is 7.83. The van der Waals surface area contributed by atoms with Crippen molar-refractivity contribution in [1.29, 1.82) is 0 Å². The number of imidazole rings is 1. The molecule has 2 aliphatic rings. The number of anilines is 2. The maximum absolute atomic E-state index is 8.58. The summed E-state index contributed by atoms with van der Waals surface area (Å²) in [6.07, 6.45) is 3.84. The number of nitrogens with two attached hydrogens (primary N) is 2. The summed E-state index contributed by atoms with van der Waals surface area (Å²) in [6, 6.07) is 10.3. The molecule has 9 nitrogen and oxygen atoms in total. The zero-order chi connectivity index (χ0) is 21.4. The van der Waals surface area contributed by atoms with Gasteiger partial charge in [-0.15, -0.1) is 0 Å². The predicted molar refractivity (Wildman–Crippen MR) is 119 cm³/mol. The van der Waals surface area contributed by atoms with Crippen LogP contribution in [0.2, 0.25) is 0 Å². The number of hydrogen-bond acceptors (Lipinski definition) is 7. The van der Waals surface area contributed by atoms with Crippen molar-refractivity contribution in [1.82, 2.24) is 14.5 Å². The molecule has 0 radical (unpaired) electrons. The van der Waals surface area contributed by atoms with Gasteiger partial charge in [-0.05, 0) is 49.4 Å². The molecule has 1 amide bonds. The molecule has 3 heterocycles.